The zero-order valence-corrected chi connectivity index (χ0v) is 14.2. The van der Waals surface area contributed by atoms with E-state index in [9.17, 15) is 4.79 Å². The van der Waals surface area contributed by atoms with Crippen molar-refractivity contribution in [1.29, 1.82) is 0 Å². The first kappa shape index (κ1) is 16.3. The van der Waals surface area contributed by atoms with Gasteiger partial charge in [-0.3, -0.25) is 9.78 Å². The Labute approximate surface area is 143 Å². The molecule has 24 heavy (non-hydrogen) atoms. The molecule has 1 fully saturated rings. The summed E-state index contributed by atoms with van der Waals surface area (Å²) in [4.78, 5) is 18.6. The zero-order chi connectivity index (χ0) is 16.9. The molecule has 2 heterocycles. The molecular formula is C19H24N4O. The minimum Gasteiger partial charge on any atom is -0.372 e. The van der Waals surface area contributed by atoms with E-state index in [-0.39, 0.29) is 11.9 Å². The van der Waals surface area contributed by atoms with Crippen LogP contribution in [0.5, 0.6) is 0 Å². The Hall–Kier alpha value is -2.56. The quantitative estimate of drug-likeness (QED) is 0.883. The fourth-order valence-electron chi connectivity index (χ4n) is 2.87. The molecule has 1 aliphatic heterocycles. The molecule has 0 atom stereocenters. The van der Waals surface area contributed by atoms with Crippen molar-refractivity contribution in [1.82, 2.24) is 10.3 Å². The van der Waals surface area contributed by atoms with Crippen molar-refractivity contribution in [3.05, 3.63) is 48.3 Å². The molecule has 1 aromatic heterocycles. The first-order chi connectivity index (χ1) is 11.6. The van der Waals surface area contributed by atoms with E-state index in [1.807, 2.05) is 19.9 Å². The van der Waals surface area contributed by atoms with Crippen molar-refractivity contribution in [3.63, 3.8) is 0 Å². The summed E-state index contributed by atoms with van der Waals surface area (Å²) in [5, 5.41) is 6.19. The highest BCUT2D eigenvalue weighted by Gasteiger charge is 2.12. The summed E-state index contributed by atoms with van der Waals surface area (Å²) in [6.07, 6.45) is 4.20. The largest absolute Gasteiger partial charge is 0.372 e. The number of pyridine rings is 1. The second-order valence-electron chi connectivity index (χ2n) is 6.42. The van der Waals surface area contributed by atoms with Crippen molar-refractivity contribution in [2.24, 2.45) is 0 Å². The van der Waals surface area contributed by atoms with E-state index in [4.69, 9.17) is 0 Å². The molecule has 2 N–H and O–H groups in total. The van der Waals surface area contributed by atoms with E-state index < -0.39 is 0 Å². The predicted molar refractivity (Wildman–Crippen MR) is 98.0 cm³/mol. The first-order valence-corrected chi connectivity index (χ1v) is 8.51. The molecule has 3 rings (SSSR count). The molecular weight excluding hydrogens is 300 g/mol. The monoisotopic (exact) mass is 324 g/mol. The number of nitrogens with one attached hydrogen (secondary N) is 2. The SMILES string of the molecule is CC(C)NC(=O)c1cc(Nc2ccc(N3CCCC3)cc2)ccn1. The van der Waals surface area contributed by atoms with Gasteiger partial charge in [0.05, 0.1) is 0 Å². The first-order valence-electron chi connectivity index (χ1n) is 8.51. The van der Waals surface area contributed by atoms with Gasteiger partial charge in [0.1, 0.15) is 5.69 Å². The van der Waals surface area contributed by atoms with Gasteiger partial charge in [0.2, 0.25) is 0 Å². The summed E-state index contributed by atoms with van der Waals surface area (Å²) in [6, 6.07) is 12.1. The second-order valence-corrected chi connectivity index (χ2v) is 6.42. The lowest BCUT2D eigenvalue weighted by molar-refractivity contribution is 0.0938. The number of nitrogens with zero attached hydrogens (tertiary/aromatic N) is 2. The lowest BCUT2D eigenvalue weighted by Crippen LogP contribution is -2.30. The van der Waals surface area contributed by atoms with Crippen LogP contribution >= 0.6 is 0 Å². The molecule has 2 aromatic rings. The number of hydrogen-bond donors (Lipinski definition) is 2. The van der Waals surface area contributed by atoms with Crippen molar-refractivity contribution >= 4 is 23.0 Å². The molecule has 5 heteroatoms. The van der Waals surface area contributed by atoms with E-state index in [0.717, 1.165) is 24.5 Å². The average Bonchev–Trinajstić information content (AvgIpc) is 3.10. The standard InChI is InChI=1S/C19H24N4O/c1-14(2)21-19(24)18-13-16(9-10-20-18)22-15-5-7-17(8-6-15)23-11-3-4-12-23/h5-10,13-14H,3-4,11-12H2,1-2H3,(H,20,22)(H,21,24). The van der Waals surface area contributed by atoms with Crippen LogP contribution in [0.4, 0.5) is 17.1 Å². The molecule has 0 bridgehead atoms. The van der Waals surface area contributed by atoms with E-state index >= 15 is 0 Å². The van der Waals surface area contributed by atoms with Gasteiger partial charge in [0.15, 0.2) is 0 Å². The number of benzene rings is 1. The van der Waals surface area contributed by atoms with Crippen molar-refractivity contribution in [2.45, 2.75) is 32.7 Å². The third-order valence-corrected chi connectivity index (χ3v) is 4.04. The third-order valence-electron chi connectivity index (χ3n) is 4.04. The highest BCUT2D eigenvalue weighted by Crippen LogP contribution is 2.24. The predicted octanol–water partition coefficient (Wildman–Crippen LogP) is 3.56. The van der Waals surface area contributed by atoms with Crippen molar-refractivity contribution in [3.8, 4) is 0 Å². The maximum atomic E-state index is 12.0. The van der Waals surface area contributed by atoms with Gasteiger partial charge in [-0.15, -0.1) is 0 Å². The average molecular weight is 324 g/mol. The summed E-state index contributed by atoms with van der Waals surface area (Å²) >= 11 is 0. The van der Waals surface area contributed by atoms with E-state index in [0.29, 0.717) is 5.69 Å². The van der Waals surface area contributed by atoms with Crippen LogP contribution in [-0.4, -0.2) is 30.0 Å². The molecule has 1 saturated heterocycles. The third kappa shape index (κ3) is 4.04. The van der Waals surface area contributed by atoms with Crippen LogP contribution in [-0.2, 0) is 0 Å². The molecule has 126 valence electrons. The number of carbonyl (C=O) groups excluding carboxylic acids is 1. The van der Waals surface area contributed by atoms with Crippen LogP contribution in [0, 0.1) is 0 Å². The van der Waals surface area contributed by atoms with Crippen LogP contribution in [0.3, 0.4) is 0 Å². The Morgan fingerprint density at radius 3 is 2.46 bits per heavy atom. The highest BCUT2D eigenvalue weighted by atomic mass is 16.1. The van der Waals surface area contributed by atoms with E-state index in [2.05, 4.69) is 44.8 Å². The van der Waals surface area contributed by atoms with Crippen LogP contribution in [0.1, 0.15) is 37.2 Å². The van der Waals surface area contributed by atoms with Crippen LogP contribution in [0.25, 0.3) is 0 Å². The van der Waals surface area contributed by atoms with Gasteiger partial charge in [-0.25, -0.2) is 0 Å². The zero-order valence-electron chi connectivity index (χ0n) is 14.2. The maximum absolute atomic E-state index is 12.0. The normalized spacial score (nSPS) is 14.0. The van der Waals surface area contributed by atoms with Gasteiger partial charge in [-0.05, 0) is 63.1 Å². The second kappa shape index (κ2) is 7.34. The van der Waals surface area contributed by atoms with Gasteiger partial charge in [-0.1, -0.05) is 0 Å². The summed E-state index contributed by atoms with van der Waals surface area (Å²) in [7, 11) is 0. The summed E-state index contributed by atoms with van der Waals surface area (Å²) < 4.78 is 0. The Morgan fingerprint density at radius 1 is 1.08 bits per heavy atom. The van der Waals surface area contributed by atoms with Crippen molar-refractivity contribution in [2.75, 3.05) is 23.3 Å². The number of aromatic nitrogens is 1. The smallest absolute Gasteiger partial charge is 0.270 e. The van der Waals surface area contributed by atoms with Crippen LogP contribution in [0.15, 0.2) is 42.6 Å². The molecule has 1 amide bonds. The Morgan fingerprint density at radius 2 is 1.79 bits per heavy atom. The minimum absolute atomic E-state index is 0.0917. The number of anilines is 3. The number of amides is 1. The van der Waals surface area contributed by atoms with Gasteiger partial charge in [-0.2, -0.15) is 0 Å². The molecule has 0 aliphatic carbocycles. The van der Waals surface area contributed by atoms with Gasteiger partial charge in [0, 0.05) is 42.4 Å². The van der Waals surface area contributed by atoms with Gasteiger partial charge < -0.3 is 15.5 Å². The summed E-state index contributed by atoms with van der Waals surface area (Å²) in [5.41, 5.74) is 3.54. The van der Waals surface area contributed by atoms with Gasteiger partial charge >= 0.3 is 0 Å². The fraction of sp³-hybridized carbons (Fsp3) is 0.368. The Kier molecular flexibility index (Phi) is 4.99. The van der Waals surface area contributed by atoms with E-state index in [1.54, 1.807) is 12.3 Å². The molecule has 5 nitrogen and oxygen atoms in total. The summed E-state index contributed by atoms with van der Waals surface area (Å²) in [6.45, 7) is 6.15. The van der Waals surface area contributed by atoms with Gasteiger partial charge in [0.25, 0.3) is 5.91 Å². The summed E-state index contributed by atoms with van der Waals surface area (Å²) in [5.74, 6) is -0.155. The molecule has 0 radical (unpaired) electrons. The number of carbonyl (C=O) groups is 1. The lowest BCUT2D eigenvalue weighted by atomic mass is 10.2. The van der Waals surface area contributed by atoms with Crippen LogP contribution in [0.2, 0.25) is 0 Å². The molecule has 1 aliphatic rings. The number of hydrogen-bond acceptors (Lipinski definition) is 4. The Balaban J connectivity index is 1.68. The lowest BCUT2D eigenvalue weighted by Gasteiger charge is -2.18. The van der Waals surface area contributed by atoms with Crippen LogP contribution < -0.4 is 15.5 Å². The molecule has 0 unspecified atom stereocenters. The molecule has 0 spiro atoms. The fourth-order valence-corrected chi connectivity index (χ4v) is 2.87. The minimum atomic E-state index is -0.155. The number of rotatable bonds is 5. The topological polar surface area (TPSA) is 57.3 Å². The van der Waals surface area contributed by atoms with Crippen molar-refractivity contribution < 1.29 is 4.79 Å². The maximum Gasteiger partial charge on any atom is 0.270 e. The highest BCUT2D eigenvalue weighted by molar-refractivity contribution is 5.93. The molecule has 1 aromatic carbocycles. The Bertz CT molecular complexity index is 691. The molecule has 0 saturated carbocycles. The van der Waals surface area contributed by atoms with E-state index in [1.165, 1.54) is 18.5 Å².